The van der Waals surface area contributed by atoms with E-state index >= 15 is 0 Å². The lowest BCUT2D eigenvalue weighted by Gasteiger charge is -2.25. The van der Waals surface area contributed by atoms with Crippen LogP contribution in [-0.2, 0) is 0 Å². The third kappa shape index (κ3) is 3.39. The van der Waals surface area contributed by atoms with Crippen molar-refractivity contribution in [3.05, 3.63) is 22.7 Å². The lowest BCUT2D eigenvalue weighted by molar-refractivity contribution is 0.302. The van der Waals surface area contributed by atoms with Crippen LogP contribution in [-0.4, -0.2) is 24.8 Å². The third-order valence-corrected chi connectivity index (χ3v) is 2.69. The van der Waals surface area contributed by atoms with Gasteiger partial charge in [0.1, 0.15) is 0 Å². The molecule has 0 amide bonds. The van der Waals surface area contributed by atoms with E-state index in [9.17, 15) is 0 Å². The summed E-state index contributed by atoms with van der Waals surface area (Å²) >= 11 is 3.42. The van der Waals surface area contributed by atoms with Crippen molar-refractivity contribution in [2.24, 2.45) is 0 Å². The predicted octanol–water partition coefficient (Wildman–Crippen LogP) is 2.24. The topological polar surface area (TPSA) is 49.5 Å². The Morgan fingerprint density at radius 2 is 2.13 bits per heavy atom. The van der Waals surface area contributed by atoms with E-state index in [0.29, 0.717) is 6.54 Å². The molecule has 3 N–H and O–H groups in total. The quantitative estimate of drug-likeness (QED) is 0.809. The molecule has 84 valence electrons. The molecule has 15 heavy (non-hydrogen) atoms. The summed E-state index contributed by atoms with van der Waals surface area (Å²) in [6, 6.07) is 5.78. The number of hydrogen-bond acceptors (Lipinski definition) is 3. The van der Waals surface area contributed by atoms with Crippen LogP contribution in [0.3, 0.4) is 0 Å². The van der Waals surface area contributed by atoms with Crippen molar-refractivity contribution in [1.29, 1.82) is 0 Å². The molecule has 0 bridgehead atoms. The van der Waals surface area contributed by atoms with E-state index in [1.807, 2.05) is 18.2 Å². The standard InChI is InChI=1S/C11H17BrN2O/c1-2-5-14(6-7-15)11-8-9(12)3-4-10(11)13/h3-4,8,15H,2,5-7,13H2,1H3. The van der Waals surface area contributed by atoms with E-state index in [0.717, 1.165) is 28.8 Å². The lowest BCUT2D eigenvalue weighted by Crippen LogP contribution is -2.28. The molecule has 0 aliphatic heterocycles. The molecule has 0 saturated heterocycles. The predicted molar refractivity (Wildman–Crippen MR) is 68.1 cm³/mol. The first-order chi connectivity index (χ1) is 7.19. The summed E-state index contributed by atoms with van der Waals surface area (Å²) in [5.74, 6) is 0. The van der Waals surface area contributed by atoms with Crippen LogP contribution >= 0.6 is 15.9 Å². The van der Waals surface area contributed by atoms with Crippen molar-refractivity contribution in [2.45, 2.75) is 13.3 Å². The largest absolute Gasteiger partial charge is 0.397 e. The van der Waals surface area contributed by atoms with Gasteiger partial charge in [0.15, 0.2) is 0 Å². The van der Waals surface area contributed by atoms with Crippen molar-refractivity contribution >= 4 is 27.3 Å². The van der Waals surface area contributed by atoms with Crippen LogP contribution in [0.1, 0.15) is 13.3 Å². The fraction of sp³-hybridized carbons (Fsp3) is 0.455. The summed E-state index contributed by atoms with van der Waals surface area (Å²) in [4.78, 5) is 2.10. The van der Waals surface area contributed by atoms with Crippen molar-refractivity contribution in [2.75, 3.05) is 30.3 Å². The monoisotopic (exact) mass is 272 g/mol. The number of rotatable bonds is 5. The molecule has 1 aromatic rings. The number of nitrogen functional groups attached to an aromatic ring is 1. The lowest BCUT2D eigenvalue weighted by atomic mass is 10.2. The van der Waals surface area contributed by atoms with Gasteiger partial charge >= 0.3 is 0 Å². The number of benzene rings is 1. The van der Waals surface area contributed by atoms with Gasteiger partial charge in [-0.25, -0.2) is 0 Å². The molecular weight excluding hydrogens is 256 g/mol. The molecule has 0 heterocycles. The Kier molecular flexibility index (Phi) is 4.91. The van der Waals surface area contributed by atoms with Gasteiger partial charge in [-0.2, -0.15) is 0 Å². The normalized spacial score (nSPS) is 10.3. The summed E-state index contributed by atoms with van der Waals surface area (Å²) in [5.41, 5.74) is 7.64. The highest BCUT2D eigenvalue weighted by Gasteiger charge is 2.08. The summed E-state index contributed by atoms with van der Waals surface area (Å²) in [5, 5.41) is 8.99. The first kappa shape index (κ1) is 12.3. The zero-order valence-electron chi connectivity index (χ0n) is 8.91. The molecule has 3 nitrogen and oxygen atoms in total. The molecule has 0 spiro atoms. The highest BCUT2D eigenvalue weighted by atomic mass is 79.9. The average molecular weight is 273 g/mol. The first-order valence-electron chi connectivity index (χ1n) is 5.10. The maximum atomic E-state index is 8.99. The van der Waals surface area contributed by atoms with Gasteiger partial charge in [-0.15, -0.1) is 0 Å². The summed E-state index contributed by atoms with van der Waals surface area (Å²) in [6.45, 7) is 3.78. The highest BCUT2D eigenvalue weighted by Crippen LogP contribution is 2.27. The van der Waals surface area contributed by atoms with Gasteiger partial charge in [0.25, 0.3) is 0 Å². The van der Waals surface area contributed by atoms with Crippen molar-refractivity contribution < 1.29 is 5.11 Å². The van der Waals surface area contributed by atoms with Crippen LogP contribution in [0.4, 0.5) is 11.4 Å². The van der Waals surface area contributed by atoms with E-state index in [2.05, 4.69) is 27.8 Å². The number of aliphatic hydroxyl groups excluding tert-OH is 1. The van der Waals surface area contributed by atoms with Crippen LogP contribution < -0.4 is 10.6 Å². The van der Waals surface area contributed by atoms with Crippen molar-refractivity contribution in [1.82, 2.24) is 0 Å². The second-order valence-electron chi connectivity index (χ2n) is 3.41. The first-order valence-corrected chi connectivity index (χ1v) is 5.89. The zero-order chi connectivity index (χ0) is 11.3. The Morgan fingerprint density at radius 3 is 2.73 bits per heavy atom. The maximum Gasteiger partial charge on any atom is 0.0612 e. The zero-order valence-corrected chi connectivity index (χ0v) is 10.5. The van der Waals surface area contributed by atoms with E-state index in [1.54, 1.807) is 0 Å². The van der Waals surface area contributed by atoms with Crippen LogP contribution in [0.25, 0.3) is 0 Å². The minimum absolute atomic E-state index is 0.145. The summed E-state index contributed by atoms with van der Waals surface area (Å²) < 4.78 is 1.01. The number of anilines is 2. The fourth-order valence-corrected chi connectivity index (χ4v) is 1.88. The molecule has 1 rings (SSSR count). The summed E-state index contributed by atoms with van der Waals surface area (Å²) in [6.07, 6.45) is 1.03. The van der Waals surface area contributed by atoms with Gasteiger partial charge in [0.2, 0.25) is 0 Å². The molecule has 0 saturated carbocycles. The molecule has 0 aromatic heterocycles. The van der Waals surface area contributed by atoms with Crippen LogP contribution in [0.15, 0.2) is 22.7 Å². The SMILES string of the molecule is CCCN(CCO)c1cc(Br)ccc1N. The van der Waals surface area contributed by atoms with Crippen molar-refractivity contribution in [3.63, 3.8) is 0 Å². The average Bonchev–Trinajstić information content (AvgIpc) is 2.21. The van der Waals surface area contributed by atoms with Gasteiger partial charge in [0, 0.05) is 17.6 Å². The van der Waals surface area contributed by atoms with Crippen LogP contribution in [0.5, 0.6) is 0 Å². The van der Waals surface area contributed by atoms with E-state index in [1.165, 1.54) is 0 Å². The van der Waals surface area contributed by atoms with Gasteiger partial charge < -0.3 is 15.7 Å². The van der Waals surface area contributed by atoms with Crippen LogP contribution in [0, 0.1) is 0 Å². The molecule has 0 atom stereocenters. The number of aliphatic hydroxyl groups is 1. The smallest absolute Gasteiger partial charge is 0.0612 e. The molecule has 1 aromatic carbocycles. The third-order valence-electron chi connectivity index (χ3n) is 2.20. The second-order valence-corrected chi connectivity index (χ2v) is 4.33. The van der Waals surface area contributed by atoms with Gasteiger partial charge in [0.05, 0.1) is 18.0 Å². The van der Waals surface area contributed by atoms with Gasteiger partial charge in [-0.3, -0.25) is 0 Å². The molecule has 0 unspecified atom stereocenters. The van der Waals surface area contributed by atoms with Gasteiger partial charge in [-0.1, -0.05) is 22.9 Å². The number of nitrogens with two attached hydrogens (primary N) is 1. The number of nitrogens with zero attached hydrogens (tertiary/aromatic N) is 1. The fourth-order valence-electron chi connectivity index (χ4n) is 1.53. The number of hydrogen-bond donors (Lipinski definition) is 2. The molecule has 0 fully saturated rings. The maximum absolute atomic E-state index is 8.99. The Morgan fingerprint density at radius 1 is 1.40 bits per heavy atom. The Labute approximate surface area is 99.0 Å². The molecule has 0 radical (unpaired) electrons. The minimum atomic E-state index is 0.145. The molecule has 0 aliphatic rings. The van der Waals surface area contributed by atoms with Crippen LogP contribution in [0.2, 0.25) is 0 Å². The number of halogens is 1. The molecule has 0 aliphatic carbocycles. The second kappa shape index (κ2) is 5.98. The van der Waals surface area contributed by atoms with E-state index in [-0.39, 0.29) is 6.61 Å². The molecule has 4 heteroatoms. The minimum Gasteiger partial charge on any atom is -0.397 e. The summed E-state index contributed by atoms with van der Waals surface area (Å²) in [7, 11) is 0. The van der Waals surface area contributed by atoms with Gasteiger partial charge in [-0.05, 0) is 24.6 Å². The highest BCUT2D eigenvalue weighted by molar-refractivity contribution is 9.10. The Balaban J connectivity index is 2.93. The molecular formula is C11H17BrN2O. The van der Waals surface area contributed by atoms with Crippen molar-refractivity contribution in [3.8, 4) is 0 Å². The van der Waals surface area contributed by atoms with E-state index < -0.39 is 0 Å². The van der Waals surface area contributed by atoms with E-state index in [4.69, 9.17) is 10.8 Å². The Bertz CT molecular complexity index is 311. The Hall–Kier alpha value is -0.740.